The molecule has 1 amide bonds. The van der Waals surface area contributed by atoms with E-state index in [1.165, 1.54) is 30.6 Å². The van der Waals surface area contributed by atoms with Crippen LogP contribution in [0.1, 0.15) is 70.8 Å². The molecule has 1 aliphatic heterocycles. The summed E-state index contributed by atoms with van der Waals surface area (Å²) >= 11 is 6.43. The van der Waals surface area contributed by atoms with E-state index >= 15 is 0 Å². The first kappa shape index (κ1) is 26.2. The van der Waals surface area contributed by atoms with Crippen LogP contribution in [0.5, 0.6) is 11.5 Å². The molecule has 1 N–H and O–H groups in total. The maximum absolute atomic E-state index is 12.9. The van der Waals surface area contributed by atoms with E-state index in [4.69, 9.17) is 21.7 Å². The van der Waals surface area contributed by atoms with Crippen LogP contribution in [0.2, 0.25) is 0 Å². The van der Waals surface area contributed by atoms with Gasteiger partial charge in [-0.2, -0.15) is 0 Å². The Labute approximate surface area is 200 Å². The first-order valence-corrected chi connectivity index (χ1v) is 12.5. The molecule has 0 spiro atoms. The molecule has 1 aliphatic rings. The standard InChI is InChI=1S/C24H33NO5S2/c1-4-6-7-8-9-10-14-30-19-13-12-17(15-20(19)29-3)16-21-22(26)25(24(31)32-21)18(11-5-2)23(27)28/h12-13,15-16,18H,4-11,14H2,1-3H3,(H,27,28). The molecule has 0 radical (unpaired) electrons. The molecule has 1 aromatic rings. The number of methoxy groups -OCH3 is 1. The van der Waals surface area contributed by atoms with E-state index in [2.05, 4.69) is 6.92 Å². The highest BCUT2D eigenvalue weighted by Gasteiger charge is 2.39. The lowest BCUT2D eigenvalue weighted by Crippen LogP contribution is -2.43. The van der Waals surface area contributed by atoms with Gasteiger partial charge in [0.05, 0.1) is 18.6 Å². The summed E-state index contributed by atoms with van der Waals surface area (Å²) in [5, 5.41) is 9.51. The van der Waals surface area contributed by atoms with Crippen LogP contribution in [0.25, 0.3) is 6.08 Å². The van der Waals surface area contributed by atoms with Gasteiger partial charge in [0, 0.05) is 0 Å². The van der Waals surface area contributed by atoms with Crippen molar-refractivity contribution in [3.05, 3.63) is 28.7 Å². The molecule has 1 fully saturated rings. The summed E-state index contributed by atoms with van der Waals surface area (Å²) in [5.74, 6) is -0.157. The second-order valence-corrected chi connectivity index (χ2v) is 9.40. The number of rotatable bonds is 14. The molecule has 1 atom stereocenters. The smallest absolute Gasteiger partial charge is 0.326 e. The number of carbonyl (C=O) groups is 2. The summed E-state index contributed by atoms with van der Waals surface area (Å²) in [5.41, 5.74) is 0.761. The molecule has 0 saturated carbocycles. The second kappa shape index (κ2) is 13.5. The zero-order valence-electron chi connectivity index (χ0n) is 19.1. The average molecular weight is 480 g/mol. The zero-order chi connectivity index (χ0) is 23.5. The number of carboxylic acids is 1. The number of nitrogens with zero attached hydrogens (tertiary/aromatic N) is 1. The van der Waals surface area contributed by atoms with Gasteiger partial charge in [0.25, 0.3) is 5.91 Å². The predicted octanol–water partition coefficient (Wildman–Crippen LogP) is 5.89. The number of benzene rings is 1. The Morgan fingerprint density at radius 1 is 1.16 bits per heavy atom. The number of ether oxygens (including phenoxy) is 2. The van der Waals surface area contributed by atoms with E-state index in [0.717, 1.165) is 30.2 Å². The van der Waals surface area contributed by atoms with Crippen molar-refractivity contribution >= 4 is 46.3 Å². The lowest BCUT2D eigenvalue weighted by Gasteiger charge is -2.22. The van der Waals surface area contributed by atoms with Crippen molar-refractivity contribution in [1.82, 2.24) is 4.90 Å². The van der Waals surface area contributed by atoms with E-state index in [-0.39, 0.29) is 10.2 Å². The van der Waals surface area contributed by atoms with Gasteiger partial charge in [-0.1, -0.05) is 82.4 Å². The monoisotopic (exact) mass is 479 g/mol. The highest BCUT2D eigenvalue weighted by Crippen LogP contribution is 2.36. The number of carboxylic acid groups (broad SMARTS) is 1. The molecule has 0 aliphatic carbocycles. The lowest BCUT2D eigenvalue weighted by molar-refractivity contribution is -0.145. The van der Waals surface area contributed by atoms with Gasteiger partial charge >= 0.3 is 5.97 Å². The van der Waals surface area contributed by atoms with Crippen molar-refractivity contribution in [3.8, 4) is 11.5 Å². The molecule has 8 heteroatoms. The average Bonchev–Trinajstić information content (AvgIpc) is 3.04. The summed E-state index contributed by atoms with van der Waals surface area (Å²) in [6, 6.07) is 4.56. The molecule has 2 rings (SSSR count). The maximum atomic E-state index is 12.9. The summed E-state index contributed by atoms with van der Waals surface area (Å²) < 4.78 is 11.6. The van der Waals surface area contributed by atoms with Gasteiger partial charge in [0.1, 0.15) is 10.4 Å². The number of hydrogen-bond donors (Lipinski definition) is 1. The molecule has 6 nitrogen and oxygen atoms in total. The third-order valence-electron chi connectivity index (χ3n) is 5.22. The molecule has 176 valence electrons. The second-order valence-electron chi connectivity index (χ2n) is 7.72. The number of hydrogen-bond acceptors (Lipinski definition) is 6. The minimum absolute atomic E-state index is 0.271. The molecule has 1 unspecified atom stereocenters. The van der Waals surface area contributed by atoms with Crippen molar-refractivity contribution in [1.29, 1.82) is 0 Å². The Balaban J connectivity index is 2.05. The Morgan fingerprint density at radius 2 is 1.88 bits per heavy atom. The Kier molecular flexibility index (Phi) is 11.0. The van der Waals surface area contributed by atoms with Gasteiger partial charge in [-0.05, 0) is 36.6 Å². The van der Waals surface area contributed by atoms with Crippen molar-refractivity contribution in [2.45, 2.75) is 71.3 Å². The van der Waals surface area contributed by atoms with Crippen LogP contribution in [-0.2, 0) is 9.59 Å². The maximum Gasteiger partial charge on any atom is 0.326 e. The van der Waals surface area contributed by atoms with Gasteiger partial charge < -0.3 is 14.6 Å². The number of aliphatic carboxylic acids is 1. The van der Waals surface area contributed by atoms with Crippen LogP contribution in [0.4, 0.5) is 0 Å². The van der Waals surface area contributed by atoms with Crippen LogP contribution >= 0.6 is 24.0 Å². The van der Waals surface area contributed by atoms with Crippen LogP contribution in [0.15, 0.2) is 23.1 Å². The normalized spacial score (nSPS) is 16.0. The van der Waals surface area contributed by atoms with E-state index in [9.17, 15) is 14.7 Å². The van der Waals surface area contributed by atoms with Gasteiger partial charge in [0.2, 0.25) is 0 Å². The Hall–Kier alpha value is -2.06. The summed E-state index contributed by atoms with van der Waals surface area (Å²) in [6.07, 6.45) is 9.88. The fourth-order valence-electron chi connectivity index (χ4n) is 3.49. The third-order valence-corrected chi connectivity index (χ3v) is 6.55. The van der Waals surface area contributed by atoms with Crippen molar-refractivity contribution in [3.63, 3.8) is 0 Å². The number of unbranched alkanes of at least 4 members (excludes halogenated alkanes) is 5. The Morgan fingerprint density at radius 3 is 2.53 bits per heavy atom. The molecular weight excluding hydrogens is 446 g/mol. The predicted molar refractivity (Wildman–Crippen MR) is 133 cm³/mol. The van der Waals surface area contributed by atoms with Crippen molar-refractivity contribution < 1.29 is 24.2 Å². The molecule has 32 heavy (non-hydrogen) atoms. The summed E-state index contributed by atoms with van der Waals surface area (Å²) in [6.45, 7) is 4.72. The van der Waals surface area contributed by atoms with E-state index in [1.807, 2.05) is 25.1 Å². The molecule has 1 saturated heterocycles. The molecule has 0 aromatic heterocycles. The molecule has 1 heterocycles. The van der Waals surface area contributed by atoms with Gasteiger partial charge in [-0.3, -0.25) is 9.69 Å². The highest BCUT2D eigenvalue weighted by molar-refractivity contribution is 8.26. The van der Waals surface area contributed by atoms with Crippen LogP contribution < -0.4 is 9.47 Å². The van der Waals surface area contributed by atoms with Crippen molar-refractivity contribution in [2.75, 3.05) is 13.7 Å². The lowest BCUT2D eigenvalue weighted by atomic mass is 10.1. The number of carbonyl (C=O) groups excluding carboxylic acids is 1. The molecular formula is C24H33NO5S2. The largest absolute Gasteiger partial charge is 0.493 e. The van der Waals surface area contributed by atoms with E-state index < -0.39 is 12.0 Å². The molecule has 0 bridgehead atoms. The molecule has 1 aromatic carbocycles. The quantitative estimate of drug-likeness (QED) is 0.203. The first-order chi connectivity index (χ1) is 15.4. The Bertz CT molecular complexity index is 840. The third kappa shape index (κ3) is 7.24. The SMILES string of the molecule is CCCCCCCCOc1ccc(C=C2SC(=S)N(C(CCC)C(=O)O)C2=O)cc1OC. The first-order valence-electron chi connectivity index (χ1n) is 11.2. The summed E-state index contributed by atoms with van der Waals surface area (Å²) in [7, 11) is 1.58. The van der Waals surface area contributed by atoms with Crippen LogP contribution in [-0.4, -0.2) is 46.0 Å². The summed E-state index contributed by atoms with van der Waals surface area (Å²) in [4.78, 5) is 26.1. The van der Waals surface area contributed by atoms with Crippen molar-refractivity contribution in [2.24, 2.45) is 0 Å². The van der Waals surface area contributed by atoms with E-state index in [1.54, 1.807) is 13.2 Å². The fraction of sp³-hybridized carbons (Fsp3) is 0.542. The van der Waals surface area contributed by atoms with Gasteiger partial charge in [0.15, 0.2) is 11.5 Å². The number of thioether (sulfide) groups is 1. The zero-order valence-corrected chi connectivity index (χ0v) is 20.7. The van der Waals surface area contributed by atoms with E-state index in [0.29, 0.717) is 35.9 Å². The van der Waals surface area contributed by atoms with Gasteiger partial charge in [-0.15, -0.1) is 0 Å². The number of thiocarbonyl (C=S) groups is 1. The fourth-order valence-corrected chi connectivity index (χ4v) is 4.85. The topological polar surface area (TPSA) is 76.1 Å². The van der Waals surface area contributed by atoms with Crippen LogP contribution in [0.3, 0.4) is 0 Å². The minimum Gasteiger partial charge on any atom is -0.493 e. The number of amides is 1. The van der Waals surface area contributed by atoms with Crippen LogP contribution in [0, 0.1) is 0 Å². The minimum atomic E-state index is -1.04. The van der Waals surface area contributed by atoms with Gasteiger partial charge in [-0.25, -0.2) is 4.79 Å². The highest BCUT2D eigenvalue weighted by atomic mass is 32.2.